The van der Waals surface area contributed by atoms with E-state index in [4.69, 9.17) is 0 Å². The maximum absolute atomic E-state index is 13.0. The van der Waals surface area contributed by atoms with Crippen LogP contribution in [0.1, 0.15) is 5.56 Å². The number of halogens is 1. The summed E-state index contributed by atoms with van der Waals surface area (Å²) in [4.78, 5) is 15.2. The number of hydrogen-bond acceptors (Lipinski definition) is 2. The van der Waals surface area contributed by atoms with Gasteiger partial charge in [-0.3, -0.25) is 4.79 Å². The molecule has 0 unspecified atom stereocenters. The molecular formula is C22H24ClN3O. The number of benzene rings is 2. The van der Waals surface area contributed by atoms with Crippen LogP contribution in [0.25, 0.3) is 21.7 Å². The Morgan fingerprint density at radius 1 is 0.852 bits per heavy atom. The summed E-state index contributed by atoms with van der Waals surface area (Å²) in [6.45, 7) is 2.46. The first-order chi connectivity index (χ1) is 12.6. The van der Waals surface area contributed by atoms with E-state index in [-0.39, 0.29) is 18.0 Å². The lowest BCUT2D eigenvalue weighted by molar-refractivity contribution is 0.387. The predicted octanol–water partition coefficient (Wildman–Crippen LogP) is 3.99. The van der Waals surface area contributed by atoms with Crippen LogP contribution in [-0.2, 0) is 13.1 Å². The van der Waals surface area contributed by atoms with Crippen LogP contribution in [0.3, 0.4) is 0 Å². The van der Waals surface area contributed by atoms with Crippen molar-refractivity contribution in [3.63, 3.8) is 0 Å². The third kappa shape index (κ3) is 3.77. The first-order valence-electron chi connectivity index (χ1n) is 8.93. The molecule has 0 radical (unpaired) electrons. The van der Waals surface area contributed by atoms with Gasteiger partial charge in [0.15, 0.2) is 0 Å². The maximum Gasteiger partial charge on any atom is 0.258 e. The molecule has 0 N–H and O–H groups in total. The summed E-state index contributed by atoms with van der Waals surface area (Å²) in [6, 6.07) is 18.3. The molecule has 0 amide bonds. The Balaban J connectivity index is 0.00000210. The highest BCUT2D eigenvalue weighted by Crippen LogP contribution is 2.24. The molecule has 4 nitrogen and oxygen atoms in total. The Morgan fingerprint density at radius 2 is 1.59 bits per heavy atom. The summed E-state index contributed by atoms with van der Waals surface area (Å²) in [5, 5.41) is 2.98. The number of hydrogen-bond donors (Lipinski definition) is 0. The highest BCUT2D eigenvalue weighted by atomic mass is 35.5. The topological polar surface area (TPSA) is 30.2 Å². The van der Waals surface area contributed by atoms with E-state index in [1.165, 1.54) is 5.39 Å². The minimum absolute atomic E-state index is 0. The molecule has 4 rings (SSSR count). The van der Waals surface area contributed by atoms with E-state index < -0.39 is 0 Å². The van der Waals surface area contributed by atoms with Crippen molar-refractivity contribution in [2.24, 2.45) is 0 Å². The molecule has 0 bridgehead atoms. The molecule has 0 fully saturated rings. The van der Waals surface area contributed by atoms with Crippen molar-refractivity contribution < 1.29 is 0 Å². The highest BCUT2D eigenvalue weighted by Gasteiger charge is 2.10. The van der Waals surface area contributed by atoms with Crippen LogP contribution >= 0.6 is 12.4 Å². The van der Waals surface area contributed by atoms with Gasteiger partial charge in [0, 0.05) is 41.6 Å². The molecule has 0 saturated carbocycles. The van der Waals surface area contributed by atoms with Crippen LogP contribution in [0.2, 0.25) is 0 Å². The van der Waals surface area contributed by atoms with Crippen LogP contribution < -0.4 is 5.56 Å². The van der Waals surface area contributed by atoms with Crippen molar-refractivity contribution in [3.05, 3.63) is 82.9 Å². The Hall–Kier alpha value is -2.56. The molecule has 0 spiro atoms. The molecule has 0 aliphatic heterocycles. The van der Waals surface area contributed by atoms with Gasteiger partial charge in [-0.05, 0) is 37.9 Å². The van der Waals surface area contributed by atoms with Crippen LogP contribution in [0.5, 0.6) is 0 Å². The van der Waals surface area contributed by atoms with Crippen molar-refractivity contribution in [2.75, 3.05) is 20.6 Å². The second-order valence-electron chi connectivity index (χ2n) is 7.01. The standard InChI is InChI=1S/C22H23N3O.ClH/c1-23(2)14-15-24-12-10-18-8-9-20-19(21(18)24)11-13-25(22(20)26)16-17-6-4-3-5-7-17;/h3-13H,14-16H2,1-2H3;1H. The summed E-state index contributed by atoms with van der Waals surface area (Å²) in [5.41, 5.74) is 2.34. The number of aromatic nitrogens is 2. The molecule has 2 aromatic heterocycles. The van der Waals surface area contributed by atoms with E-state index in [9.17, 15) is 4.79 Å². The minimum atomic E-state index is 0. The fourth-order valence-electron chi connectivity index (χ4n) is 3.47. The third-order valence-corrected chi connectivity index (χ3v) is 4.87. The van der Waals surface area contributed by atoms with Gasteiger partial charge in [0.25, 0.3) is 5.56 Å². The second kappa shape index (κ2) is 7.99. The van der Waals surface area contributed by atoms with Gasteiger partial charge >= 0.3 is 0 Å². The molecule has 27 heavy (non-hydrogen) atoms. The Labute approximate surface area is 165 Å². The zero-order valence-electron chi connectivity index (χ0n) is 15.6. The molecule has 0 aliphatic rings. The second-order valence-corrected chi connectivity index (χ2v) is 7.01. The van der Waals surface area contributed by atoms with Gasteiger partial charge in [0.2, 0.25) is 0 Å². The van der Waals surface area contributed by atoms with E-state index in [1.807, 2.05) is 42.6 Å². The molecule has 5 heteroatoms. The lowest BCUT2D eigenvalue weighted by Gasteiger charge is -2.13. The maximum atomic E-state index is 13.0. The largest absolute Gasteiger partial charge is 0.346 e. The molecule has 2 aromatic carbocycles. The SMILES string of the molecule is CN(C)CCn1ccc2ccc3c(=O)n(Cc4ccccc4)ccc3c21.Cl. The van der Waals surface area contributed by atoms with Gasteiger partial charge in [0.1, 0.15) is 0 Å². The van der Waals surface area contributed by atoms with E-state index in [0.717, 1.165) is 34.9 Å². The molecule has 0 aliphatic carbocycles. The predicted molar refractivity (Wildman–Crippen MR) is 115 cm³/mol. The quantitative estimate of drug-likeness (QED) is 0.523. The highest BCUT2D eigenvalue weighted by molar-refractivity contribution is 6.05. The van der Waals surface area contributed by atoms with Crippen molar-refractivity contribution in [1.82, 2.24) is 14.0 Å². The fourth-order valence-corrected chi connectivity index (χ4v) is 3.47. The van der Waals surface area contributed by atoms with E-state index in [2.05, 4.69) is 48.0 Å². The zero-order chi connectivity index (χ0) is 18.1. The number of likely N-dealkylation sites (N-methyl/N-ethyl adjacent to an activating group) is 1. The summed E-state index contributed by atoms with van der Waals surface area (Å²) in [5.74, 6) is 0. The van der Waals surface area contributed by atoms with Crippen LogP contribution in [0.15, 0.2) is 71.8 Å². The average Bonchev–Trinajstić information content (AvgIpc) is 3.06. The summed E-state index contributed by atoms with van der Waals surface area (Å²) < 4.78 is 4.04. The number of nitrogens with zero attached hydrogens (tertiary/aromatic N) is 3. The Kier molecular flexibility index (Phi) is 5.68. The minimum Gasteiger partial charge on any atom is -0.346 e. The van der Waals surface area contributed by atoms with Gasteiger partial charge in [-0.2, -0.15) is 0 Å². The van der Waals surface area contributed by atoms with Crippen molar-refractivity contribution in [3.8, 4) is 0 Å². The van der Waals surface area contributed by atoms with E-state index in [1.54, 1.807) is 4.57 Å². The summed E-state index contributed by atoms with van der Waals surface area (Å²) >= 11 is 0. The lowest BCUT2D eigenvalue weighted by atomic mass is 10.1. The van der Waals surface area contributed by atoms with E-state index in [0.29, 0.717) is 6.54 Å². The summed E-state index contributed by atoms with van der Waals surface area (Å²) in [6.07, 6.45) is 4.03. The molecular weight excluding hydrogens is 358 g/mol. The monoisotopic (exact) mass is 381 g/mol. The molecule has 2 heterocycles. The van der Waals surface area contributed by atoms with Gasteiger partial charge in [-0.1, -0.05) is 36.4 Å². The van der Waals surface area contributed by atoms with Crippen LogP contribution in [-0.4, -0.2) is 34.7 Å². The average molecular weight is 382 g/mol. The number of fused-ring (bicyclic) bond motifs is 3. The van der Waals surface area contributed by atoms with Gasteiger partial charge in [-0.25, -0.2) is 0 Å². The zero-order valence-corrected chi connectivity index (χ0v) is 16.4. The van der Waals surface area contributed by atoms with Crippen molar-refractivity contribution in [2.45, 2.75) is 13.1 Å². The molecule has 0 saturated heterocycles. The third-order valence-electron chi connectivity index (χ3n) is 4.87. The molecule has 140 valence electrons. The van der Waals surface area contributed by atoms with Gasteiger partial charge in [0.05, 0.1) is 12.1 Å². The lowest BCUT2D eigenvalue weighted by Crippen LogP contribution is -2.20. The van der Waals surface area contributed by atoms with Gasteiger partial charge < -0.3 is 14.0 Å². The smallest absolute Gasteiger partial charge is 0.258 e. The van der Waals surface area contributed by atoms with Crippen molar-refractivity contribution >= 4 is 34.1 Å². The van der Waals surface area contributed by atoms with Crippen molar-refractivity contribution in [1.29, 1.82) is 0 Å². The van der Waals surface area contributed by atoms with Gasteiger partial charge in [-0.15, -0.1) is 12.4 Å². The Bertz CT molecular complexity index is 1110. The fraction of sp³-hybridized carbons (Fsp3) is 0.227. The molecule has 0 atom stereocenters. The first-order valence-corrected chi connectivity index (χ1v) is 8.93. The first kappa shape index (κ1) is 19.2. The Morgan fingerprint density at radius 3 is 2.33 bits per heavy atom. The number of rotatable bonds is 5. The number of pyridine rings is 1. The van der Waals surface area contributed by atoms with Crippen LogP contribution in [0.4, 0.5) is 0 Å². The van der Waals surface area contributed by atoms with Crippen LogP contribution in [0, 0.1) is 0 Å². The molecule has 4 aromatic rings. The summed E-state index contributed by atoms with van der Waals surface area (Å²) in [7, 11) is 4.15. The normalized spacial score (nSPS) is 11.2. The van der Waals surface area contributed by atoms with E-state index >= 15 is 0 Å².